The number of nitrogens with zero attached hydrogens (tertiary/aromatic N) is 5. The van der Waals surface area contributed by atoms with Crippen molar-refractivity contribution >= 4 is 80.5 Å². The van der Waals surface area contributed by atoms with Gasteiger partial charge in [-0.3, -0.25) is 5.32 Å². The van der Waals surface area contributed by atoms with Crippen molar-refractivity contribution in [2.75, 3.05) is 10.6 Å². The SMILES string of the molecule is CC(C)(C)NC(=O)Nc1nc2nc(Nc3cccc4nsnc34)ncc2cc1-c1c(Cl)cccc1Cl. The molecule has 0 aliphatic rings. The van der Waals surface area contributed by atoms with Gasteiger partial charge in [-0.1, -0.05) is 35.3 Å². The Hall–Kier alpha value is -3.60. The molecule has 0 bridgehead atoms. The molecule has 5 aromatic rings. The fourth-order valence-electron chi connectivity index (χ4n) is 3.57. The van der Waals surface area contributed by atoms with E-state index in [0.29, 0.717) is 38.2 Å². The van der Waals surface area contributed by atoms with Crippen molar-refractivity contribution < 1.29 is 4.79 Å². The number of pyridine rings is 1. The molecule has 0 spiro atoms. The molecule has 0 atom stereocenters. The maximum Gasteiger partial charge on any atom is 0.320 e. The molecule has 3 aromatic heterocycles. The fourth-order valence-corrected chi connectivity index (χ4v) is 4.72. The molecule has 36 heavy (non-hydrogen) atoms. The molecule has 0 unspecified atom stereocenters. The van der Waals surface area contributed by atoms with E-state index in [-0.39, 0.29) is 5.82 Å². The van der Waals surface area contributed by atoms with Gasteiger partial charge >= 0.3 is 6.03 Å². The van der Waals surface area contributed by atoms with Crippen LogP contribution in [0, 0.1) is 0 Å². The average molecular weight is 539 g/mol. The third kappa shape index (κ3) is 5.01. The molecule has 0 aliphatic carbocycles. The zero-order valence-electron chi connectivity index (χ0n) is 19.4. The maximum atomic E-state index is 12.7. The van der Waals surface area contributed by atoms with Crippen LogP contribution in [0.2, 0.25) is 10.0 Å². The summed E-state index contributed by atoms with van der Waals surface area (Å²) in [5.74, 6) is 0.582. The Morgan fingerprint density at radius 3 is 2.50 bits per heavy atom. The summed E-state index contributed by atoms with van der Waals surface area (Å²) in [5.41, 5.74) is 3.24. The van der Waals surface area contributed by atoms with Gasteiger partial charge in [0.15, 0.2) is 5.65 Å². The van der Waals surface area contributed by atoms with E-state index in [2.05, 4.69) is 39.6 Å². The molecule has 182 valence electrons. The lowest BCUT2D eigenvalue weighted by molar-refractivity contribution is 0.243. The molecule has 3 N–H and O–H groups in total. The Morgan fingerprint density at radius 2 is 1.75 bits per heavy atom. The quantitative estimate of drug-likeness (QED) is 0.234. The van der Waals surface area contributed by atoms with E-state index in [1.807, 2.05) is 39.0 Å². The van der Waals surface area contributed by atoms with E-state index < -0.39 is 11.6 Å². The first-order chi connectivity index (χ1) is 17.2. The number of carbonyl (C=O) groups is 1. The van der Waals surface area contributed by atoms with Gasteiger partial charge in [0.05, 0.1) is 27.5 Å². The molecule has 9 nitrogen and oxygen atoms in total. The predicted octanol–water partition coefficient (Wildman–Crippen LogP) is 6.67. The zero-order chi connectivity index (χ0) is 25.4. The first-order valence-electron chi connectivity index (χ1n) is 10.9. The summed E-state index contributed by atoms with van der Waals surface area (Å²) in [5, 5.41) is 10.4. The standard InChI is InChI=1S/C24H20Cl2N8OS/c1-24(2,3)32-23(35)31-21-13(18-14(25)6-4-7-15(18)26)10-12-11-27-22(30-20(12)29-21)28-16-8-5-9-17-19(16)34-36-33-17/h4-11H,1-3H3,(H3,27,28,29,30,31,32,35). The summed E-state index contributed by atoms with van der Waals surface area (Å²) in [6.45, 7) is 5.65. The number of halogens is 2. The van der Waals surface area contributed by atoms with Crippen LogP contribution in [0.4, 0.5) is 22.2 Å². The van der Waals surface area contributed by atoms with Gasteiger partial charge in [-0.15, -0.1) is 0 Å². The zero-order valence-corrected chi connectivity index (χ0v) is 21.8. The molecule has 0 radical (unpaired) electrons. The van der Waals surface area contributed by atoms with Gasteiger partial charge in [0.2, 0.25) is 5.95 Å². The number of urea groups is 1. The van der Waals surface area contributed by atoms with Crippen LogP contribution >= 0.6 is 34.9 Å². The number of fused-ring (bicyclic) bond motifs is 2. The Bertz CT molecular complexity index is 1600. The van der Waals surface area contributed by atoms with Gasteiger partial charge in [-0.25, -0.2) is 14.8 Å². The van der Waals surface area contributed by atoms with Crippen LogP contribution in [0.5, 0.6) is 0 Å². The van der Waals surface area contributed by atoms with Gasteiger partial charge in [-0.2, -0.15) is 13.7 Å². The monoisotopic (exact) mass is 538 g/mol. The van der Waals surface area contributed by atoms with Crippen molar-refractivity contribution in [2.45, 2.75) is 26.3 Å². The Labute approximate surface area is 220 Å². The molecule has 0 saturated carbocycles. The fraction of sp³-hybridized carbons (Fsp3) is 0.167. The van der Waals surface area contributed by atoms with Crippen LogP contribution in [0.15, 0.2) is 48.7 Å². The van der Waals surface area contributed by atoms with Crippen LogP contribution in [-0.2, 0) is 0 Å². The van der Waals surface area contributed by atoms with Crippen molar-refractivity contribution in [3.63, 3.8) is 0 Å². The highest BCUT2D eigenvalue weighted by Gasteiger charge is 2.20. The molecule has 2 amide bonds. The number of amides is 2. The maximum absolute atomic E-state index is 12.7. The minimum absolute atomic E-state index is 0.259. The van der Waals surface area contributed by atoms with Crippen LogP contribution in [0.1, 0.15) is 20.8 Å². The number of aromatic nitrogens is 5. The molecule has 0 saturated heterocycles. The molecule has 5 rings (SSSR count). The first-order valence-corrected chi connectivity index (χ1v) is 12.4. The molecule has 12 heteroatoms. The van der Waals surface area contributed by atoms with Gasteiger partial charge in [0, 0.05) is 28.2 Å². The smallest absolute Gasteiger partial charge is 0.320 e. The van der Waals surface area contributed by atoms with Crippen LogP contribution in [-0.4, -0.2) is 35.3 Å². The minimum Gasteiger partial charge on any atom is -0.333 e. The highest BCUT2D eigenvalue weighted by Crippen LogP contribution is 2.39. The largest absolute Gasteiger partial charge is 0.333 e. The topological polar surface area (TPSA) is 118 Å². The van der Waals surface area contributed by atoms with Crippen molar-refractivity contribution in [1.29, 1.82) is 0 Å². The number of rotatable bonds is 4. The summed E-state index contributed by atoms with van der Waals surface area (Å²) in [4.78, 5) is 26.4. The number of benzene rings is 2. The summed E-state index contributed by atoms with van der Waals surface area (Å²) in [6.07, 6.45) is 1.64. The summed E-state index contributed by atoms with van der Waals surface area (Å²) >= 11 is 14.1. The predicted molar refractivity (Wildman–Crippen MR) is 145 cm³/mol. The lowest BCUT2D eigenvalue weighted by Gasteiger charge is -2.21. The van der Waals surface area contributed by atoms with E-state index in [1.54, 1.807) is 30.5 Å². The normalized spacial score (nSPS) is 11.6. The van der Waals surface area contributed by atoms with Crippen molar-refractivity contribution in [2.24, 2.45) is 0 Å². The summed E-state index contributed by atoms with van der Waals surface area (Å²) in [6, 6.07) is 12.2. The second kappa shape index (κ2) is 9.45. The second-order valence-corrected chi connectivity index (χ2v) is 10.3. The van der Waals surface area contributed by atoms with E-state index in [9.17, 15) is 4.79 Å². The summed E-state index contributed by atoms with van der Waals surface area (Å²) < 4.78 is 8.59. The number of hydrogen-bond acceptors (Lipinski definition) is 8. The van der Waals surface area contributed by atoms with Crippen LogP contribution in [0.25, 0.3) is 33.2 Å². The lowest BCUT2D eigenvalue weighted by atomic mass is 10.0. The Balaban J connectivity index is 1.59. The second-order valence-electron chi connectivity index (χ2n) is 8.98. The van der Waals surface area contributed by atoms with Gasteiger partial charge in [0.1, 0.15) is 16.9 Å². The number of hydrogen-bond donors (Lipinski definition) is 3. The van der Waals surface area contributed by atoms with E-state index in [0.717, 1.165) is 28.4 Å². The van der Waals surface area contributed by atoms with Crippen molar-refractivity contribution in [3.8, 4) is 11.1 Å². The lowest BCUT2D eigenvalue weighted by Crippen LogP contribution is -2.43. The van der Waals surface area contributed by atoms with Crippen LogP contribution in [0.3, 0.4) is 0 Å². The number of anilines is 3. The molecule has 3 heterocycles. The Morgan fingerprint density at radius 1 is 1.00 bits per heavy atom. The molecule has 2 aromatic carbocycles. The van der Waals surface area contributed by atoms with Crippen LogP contribution < -0.4 is 16.0 Å². The Kier molecular flexibility index (Phi) is 6.33. The molecule has 0 aliphatic heterocycles. The van der Waals surface area contributed by atoms with Gasteiger partial charge in [-0.05, 0) is 51.1 Å². The molecular weight excluding hydrogens is 519 g/mol. The number of nitrogens with one attached hydrogen (secondary N) is 3. The minimum atomic E-state index is -0.450. The highest BCUT2D eigenvalue weighted by molar-refractivity contribution is 7.00. The molecular formula is C24H20Cl2N8OS. The van der Waals surface area contributed by atoms with Crippen molar-refractivity contribution in [1.82, 2.24) is 29.0 Å². The van der Waals surface area contributed by atoms with E-state index >= 15 is 0 Å². The van der Waals surface area contributed by atoms with Crippen molar-refractivity contribution in [3.05, 3.63) is 58.7 Å². The number of carbonyl (C=O) groups excluding carboxylic acids is 1. The first kappa shape index (κ1) is 24.1. The molecule has 0 fully saturated rings. The van der Waals surface area contributed by atoms with Gasteiger partial charge < -0.3 is 10.6 Å². The highest BCUT2D eigenvalue weighted by atomic mass is 35.5. The third-order valence-corrected chi connectivity index (χ3v) is 6.23. The van der Waals surface area contributed by atoms with Gasteiger partial charge in [0.25, 0.3) is 0 Å². The summed E-state index contributed by atoms with van der Waals surface area (Å²) in [7, 11) is 0. The van der Waals surface area contributed by atoms with E-state index in [1.165, 1.54) is 0 Å². The van der Waals surface area contributed by atoms with E-state index in [4.69, 9.17) is 23.2 Å². The average Bonchev–Trinajstić information content (AvgIpc) is 3.28. The third-order valence-electron chi connectivity index (χ3n) is 5.05.